The molecule has 1 aliphatic rings. The molecule has 0 spiro atoms. The van der Waals surface area contributed by atoms with Gasteiger partial charge in [-0.2, -0.15) is 0 Å². The third-order valence-electron chi connectivity index (χ3n) is 5.60. The first-order valence-electron chi connectivity index (χ1n) is 11.4. The number of nitrogens with one attached hydrogen (secondary N) is 1. The minimum atomic E-state index is -1.17. The topological polar surface area (TPSA) is 125 Å². The zero-order chi connectivity index (χ0) is 25.5. The number of morpholine rings is 1. The Bertz CT molecular complexity index is 1250. The summed E-state index contributed by atoms with van der Waals surface area (Å²) >= 11 is 0. The smallest absolute Gasteiger partial charge is 0.313 e. The average Bonchev–Trinajstić information content (AvgIpc) is 2.88. The van der Waals surface area contributed by atoms with E-state index in [9.17, 15) is 14.0 Å². The van der Waals surface area contributed by atoms with E-state index < -0.39 is 17.6 Å². The van der Waals surface area contributed by atoms with Gasteiger partial charge in [-0.25, -0.2) is 4.39 Å². The number of nitrogens with two attached hydrogens (primary N) is 1. The van der Waals surface area contributed by atoms with Crippen LogP contribution >= 0.6 is 0 Å². The van der Waals surface area contributed by atoms with Gasteiger partial charge >= 0.3 is 11.8 Å². The molecule has 1 saturated heterocycles. The molecule has 2 heterocycles. The van der Waals surface area contributed by atoms with Crippen molar-refractivity contribution in [2.45, 2.75) is 6.42 Å². The van der Waals surface area contributed by atoms with Gasteiger partial charge in [-0.3, -0.25) is 19.5 Å². The number of primary amides is 1. The van der Waals surface area contributed by atoms with Crippen LogP contribution in [0.25, 0.3) is 10.9 Å². The van der Waals surface area contributed by atoms with E-state index in [1.165, 1.54) is 19.2 Å². The lowest BCUT2D eigenvalue weighted by Gasteiger charge is -2.26. The van der Waals surface area contributed by atoms with Gasteiger partial charge in [0, 0.05) is 49.0 Å². The molecular weight excluding hydrogens is 471 g/mol. The lowest BCUT2D eigenvalue weighted by molar-refractivity contribution is -0.134. The quantitative estimate of drug-likeness (QED) is 0.341. The van der Waals surface area contributed by atoms with Gasteiger partial charge in [0.05, 0.1) is 32.4 Å². The van der Waals surface area contributed by atoms with Crippen molar-refractivity contribution in [2.75, 3.05) is 51.9 Å². The van der Waals surface area contributed by atoms with E-state index in [1.54, 1.807) is 24.4 Å². The number of benzene rings is 2. The number of nitrogens with zero attached hydrogens (tertiary/aromatic N) is 2. The van der Waals surface area contributed by atoms with Crippen LogP contribution in [0.1, 0.15) is 6.42 Å². The largest absolute Gasteiger partial charge is 0.493 e. The Labute approximate surface area is 207 Å². The van der Waals surface area contributed by atoms with Gasteiger partial charge in [0.15, 0.2) is 23.1 Å². The maximum Gasteiger partial charge on any atom is 0.313 e. The van der Waals surface area contributed by atoms with Gasteiger partial charge in [-0.05, 0) is 30.7 Å². The summed E-state index contributed by atoms with van der Waals surface area (Å²) in [6.07, 6.45) is 2.40. The minimum Gasteiger partial charge on any atom is -0.493 e. The normalized spacial score (nSPS) is 13.8. The van der Waals surface area contributed by atoms with Crippen molar-refractivity contribution in [2.24, 2.45) is 5.73 Å². The van der Waals surface area contributed by atoms with Gasteiger partial charge < -0.3 is 30.0 Å². The summed E-state index contributed by atoms with van der Waals surface area (Å²) in [6.45, 7) is 4.81. The number of carbonyl (C=O) groups excluding carboxylic acids is 2. The summed E-state index contributed by atoms with van der Waals surface area (Å²) in [5.41, 5.74) is 5.56. The van der Waals surface area contributed by atoms with Crippen molar-refractivity contribution in [1.29, 1.82) is 0 Å². The SMILES string of the molecule is COc1cc2c(Oc3ccc(NC(=O)C(N)=O)cc3F)ccnc2cc1OCCCN1CCOCC1. The van der Waals surface area contributed by atoms with Gasteiger partial charge in [0.1, 0.15) is 5.75 Å². The third-order valence-corrected chi connectivity index (χ3v) is 5.60. The maximum absolute atomic E-state index is 14.6. The Morgan fingerprint density at radius 1 is 1.11 bits per heavy atom. The van der Waals surface area contributed by atoms with Crippen LogP contribution in [0.2, 0.25) is 0 Å². The van der Waals surface area contributed by atoms with Gasteiger partial charge in [0.25, 0.3) is 0 Å². The minimum absolute atomic E-state index is 0.0697. The first-order valence-corrected chi connectivity index (χ1v) is 11.4. The number of carbonyl (C=O) groups is 2. The fourth-order valence-electron chi connectivity index (χ4n) is 3.76. The van der Waals surface area contributed by atoms with Crippen LogP contribution < -0.4 is 25.3 Å². The maximum atomic E-state index is 14.6. The van der Waals surface area contributed by atoms with Crippen LogP contribution in [-0.4, -0.2) is 68.3 Å². The Balaban J connectivity index is 1.47. The fraction of sp³-hybridized carbons (Fsp3) is 0.320. The van der Waals surface area contributed by atoms with Crippen LogP contribution in [0.15, 0.2) is 42.6 Å². The predicted molar refractivity (Wildman–Crippen MR) is 130 cm³/mol. The van der Waals surface area contributed by atoms with Crippen molar-refractivity contribution in [3.63, 3.8) is 0 Å². The number of hydrogen-bond acceptors (Lipinski definition) is 8. The van der Waals surface area contributed by atoms with Gasteiger partial charge in [-0.1, -0.05) is 0 Å². The molecule has 10 nitrogen and oxygen atoms in total. The number of rotatable bonds is 9. The molecule has 2 aromatic carbocycles. The summed E-state index contributed by atoms with van der Waals surface area (Å²) in [5, 5.41) is 2.80. The second-order valence-electron chi connectivity index (χ2n) is 8.05. The highest BCUT2D eigenvalue weighted by Gasteiger charge is 2.16. The van der Waals surface area contributed by atoms with Crippen molar-refractivity contribution >= 4 is 28.4 Å². The molecule has 4 rings (SSSR count). The van der Waals surface area contributed by atoms with E-state index in [2.05, 4.69) is 15.2 Å². The molecule has 0 aliphatic carbocycles. The molecule has 3 aromatic rings. The number of methoxy groups -OCH3 is 1. The Morgan fingerprint density at radius 3 is 2.64 bits per heavy atom. The van der Waals surface area contributed by atoms with E-state index >= 15 is 0 Å². The number of aromatic nitrogens is 1. The second kappa shape index (κ2) is 11.6. The average molecular weight is 499 g/mol. The van der Waals surface area contributed by atoms with Crippen molar-refractivity contribution in [1.82, 2.24) is 9.88 Å². The summed E-state index contributed by atoms with van der Waals surface area (Å²) in [5.74, 6) is -1.64. The summed E-state index contributed by atoms with van der Waals surface area (Å²) in [7, 11) is 1.54. The zero-order valence-corrected chi connectivity index (χ0v) is 19.8. The Kier molecular flexibility index (Phi) is 8.13. The Morgan fingerprint density at radius 2 is 1.92 bits per heavy atom. The molecule has 1 aromatic heterocycles. The molecule has 1 aliphatic heterocycles. The lowest BCUT2D eigenvalue weighted by Crippen LogP contribution is -2.37. The fourth-order valence-corrected chi connectivity index (χ4v) is 3.76. The van der Waals surface area contributed by atoms with Crippen molar-refractivity contribution < 1.29 is 32.9 Å². The lowest BCUT2D eigenvalue weighted by atomic mass is 10.1. The van der Waals surface area contributed by atoms with Crippen LogP contribution in [0, 0.1) is 5.82 Å². The summed E-state index contributed by atoms with van der Waals surface area (Å²) in [6, 6.07) is 8.85. The van der Waals surface area contributed by atoms with Crippen LogP contribution in [0.5, 0.6) is 23.0 Å². The number of fused-ring (bicyclic) bond motifs is 1. The monoisotopic (exact) mass is 498 g/mol. The first kappa shape index (κ1) is 25.1. The van der Waals surface area contributed by atoms with Gasteiger partial charge in [-0.15, -0.1) is 0 Å². The summed E-state index contributed by atoms with van der Waals surface area (Å²) in [4.78, 5) is 29.0. The van der Waals surface area contributed by atoms with E-state index in [0.717, 1.165) is 45.3 Å². The molecule has 2 amide bonds. The van der Waals surface area contributed by atoms with E-state index in [0.29, 0.717) is 34.8 Å². The van der Waals surface area contributed by atoms with Crippen LogP contribution in [-0.2, 0) is 14.3 Å². The standard InChI is InChI=1S/C25H27FN4O6/c1-33-22-14-17-19(15-23(22)35-10-2-7-30-8-11-34-12-9-30)28-6-5-20(17)36-21-4-3-16(13-18(21)26)29-25(32)24(27)31/h3-6,13-15H,2,7-12H2,1H3,(H2,27,31)(H,29,32). The van der Waals surface area contributed by atoms with E-state index in [-0.39, 0.29) is 11.4 Å². The van der Waals surface area contributed by atoms with E-state index in [1.807, 2.05) is 0 Å². The highest BCUT2D eigenvalue weighted by atomic mass is 19.1. The van der Waals surface area contributed by atoms with Gasteiger partial charge in [0.2, 0.25) is 0 Å². The molecule has 0 radical (unpaired) electrons. The van der Waals surface area contributed by atoms with Crippen molar-refractivity contribution in [3.8, 4) is 23.0 Å². The number of ether oxygens (including phenoxy) is 4. The molecule has 0 bridgehead atoms. The highest BCUT2D eigenvalue weighted by molar-refractivity contribution is 6.39. The summed E-state index contributed by atoms with van der Waals surface area (Å²) < 4.78 is 37.3. The third kappa shape index (κ3) is 6.18. The molecule has 3 N–H and O–H groups in total. The predicted octanol–water partition coefficient (Wildman–Crippen LogP) is 2.70. The molecule has 36 heavy (non-hydrogen) atoms. The first-order chi connectivity index (χ1) is 17.4. The zero-order valence-electron chi connectivity index (χ0n) is 19.8. The van der Waals surface area contributed by atoms with Crippen molar-refractivity contribution in [3.05, 3.63) is 48.4 Å². The Hall–Kier alpha value is -3.96. The molecule has 1 fully saturated rings. The van der Waals surface area contributed by atoms with E-state index in [4.69, 9.17) is 24.7 Å². The number of anilines is 1. The molecule has 190 valence electrons. The van der Waals surface area contributed by atoms with Crippen LogP contribution in [0.3, 0.4) is 0 Å². The molecule has 0 atom stereocenters. The molecule has 11 heteroatoms. The number of hydrogen-bond donors (Lipinski definition) is 2. The number of pyridine rings is 1. The van der Waals surface area contributed by atoms with Crippen LogP contribution in [0.4, 0.5) is 10.1 Å². The second-order valence-corrected chi connectivity index (χ2v) is 8.05. The molecular formula is C25H27FN4O6. The number of amides is 2. The highest BCUT2D eigenvalue weighted by Crippen LogP contribution is 2.37. The number of halogens is 1. The molecule has 0 saturated carbocycles. The molecule has 0 unspecified atom stereocenters.